The number of hydrogen-bond acceptors (Lipinski definition) is 4. The number of rotatable bonds is 6. The lowest BCUT2D eigenvalue weighted by Gasteiger charge is -2.39. The molecule has 0 radical (unpaired) electrons. The molecule has 7 heteroatoms. The van der Waals surface area contributed by atoms with Crippen LogP contribution in [-0.4, -0.2) is 49.6 Å². The van der Waals surface area contributed by atoms with Gasteiger partial charge in [-0.1, -0.05) is 30.3 Å². The summed E-state index contributed by atoms with van der Waals surface area (Å²) in [7, 11) is 4.10. The Balaban J connectivity index is 0.00000272. The molecule has 0 spiro atoms. The zero-order chi connectivity index (χ0) is 20.8. The number of piperidine rings is 1. The van der Waals surface area contributed by atoms with Crippen molar-refractivity contribution in [3.05, 3.63) is 64.5 Å². The third-order valence-electron chi connectivity index (χ3n) is 6.00. The molecule has 1 aromatic carbocycles. The number of aliphatic imine (C=N–C) groups is 1. The molecule has 1 saturated heterocycles. The van der Waals surface area contributed by atoms with Gasteiger partial charge in [-0.2, -0.15) is 0 Å². The van der Waals surface area contributed by atoms with Crippen molar-refractivity contribution in [3.8, 4) is 0 Å². The number of pyridine rings is 1. The summed E-state index contributed by atoms with van der Waals surface area (Å²) in [6.45, 7) is 2.93. The van der Waals surface area contributed by atoms with Gasteiger partial charge in [0.1, 0.15) is 0 Å². The average Bonchev–Trinajstić information content (AvgIpc) is 3.30. The maximum atomic E-state index is 4.56. The van der Waals surface area contributed by atoms with Gasteiger partial charge in [-0.3, -0.25) is 14.9 Å². The molecule has 5 nitrogen and oxygen atoms in total. The molecule has 2 N–H and O–H groups in total. The minimum atomic E-state index is 0. The summed E-state index contributed by atoms with van der Waals surface area (Å²) in [4.78, 5) is 13.0. The number of halogens is 1. The topological polar surface area (TPSA) is 52.6 Å². The van der Waals surface area contributed by atoms with Crippen molar-refractivity contribution in [2.45, 2.75) is 25.3 Å². The van der Waals surface area contributed by atoms with Gasteiger partial charge < -0.3 is 10.6 Å². The quantitative estimate of drug-likeness (QED) is 0.266. The molecule has 0 bridgehead atoms. The lowest BCUT2D eigenvalue weighted by atomic mass is 9.88. The van der Waals surface area contributed by atoms with Crippen molar-refractivity contribution in [1.82, 2.24) is 20.5 Å². The maximum absolute atomic E-state index is 4.56. The number of hydrogen-bond donors (Lipinski definition) is 2. The zero-order valence-corrected chi connectivity index (χ0v) is 21.4. The Bertz CT molecular complexity index is 970. The van der Waals surface area contributed by atoms with Crippen molar-refractivity contribution in [2.75, 3.05) is 33.7 Å². The summed E-state index contributed by atoms with van der Waals surface area (Å²) < 4.78 is 0. The Kier molecular flexibility index (Phi) is 9.10. The highest BCUT2D eigenvalue weighted by Gasteiger charge is 2.31. The Morgan fingerprint density at radius 3 is 2.87 bits per heavy atom. The van der Waals surface area contributed by atoms with Crippen LogP contribution in [0.25, 0.3) is 10.9 Å². The van der Waals surface area contributed by atoms with Crippen molar-refractivity contribution < 1.29 is 0 Å². The van der Waals surface area contributed by atoms with Gasteiger partial charge in [-0.15, -0.1) is 35.3 Å². The van der Waals surface area contributed by atoms with E-state index in [2.05, 4.69) is 74.3 Å². The molecule has 4 rings (SSSR count). The number of benzene rings is 1. The fraction of sp³-hybridized carbons (Fsp3) is 0.417. The first-order valence-electron chi connectivity index (χ1n) is 10.8. The SMILES string of the molecule is CN=C(NCCc1cccc2cccnc12)NCC1CCCN(C)C1c1cccs1.I. The smallest absolute Gasteiger partial charge is 0.190 e. The highest BCUT2D eigenvalue weighted by molar-refractivity contribution is 14.0. The monoisotopic (exact) mass is 549 g/mol. The van der Waals surface area contributed by atoms with Gasteiger partial charge in [-0.25, -0.2) is 0 Å². The van der Waals surface area contributed by atoms with E-state index in [0.29, 0.717) is 12.0 Å². The molecule has 2 unspecified atom stereocenters. The van der Waals surface area contributed by atoms with E-state index < -0.39 is 0 Å². The van der Waals surface area contributed by atoms with Gasteiger partial charge in [0.15, 0.2) is 5.96 Å². The third-order valence-corrected chi connectivity index (χ3v) is 6.94. The van der Waals surface area contributed by atoms with Crippen LogP contribution < -0.4 is 10.6 Å². The minimum absolute atomic E-state index is 0. The summed E-state index contributed by atoms with van der Waals surface area (Å²) in [5, 5.41) is 10.4. The largest absolute Gasteiger partial charge is 0.356 e. The van der Waals surface area contributed by atoms with E-state index in [1.54, 1.807) is 0 Å². The Morgan fingerprint density at radius 1 is 1.19 bits per heavy atom. The van der Waals surface area contributed by atoms with Gasteiger partial charge in [0.05, 0.1) is 5.52 Å². The van der Waals surface area contributed by atoms with Crippen LogP contribution in [0, 0.1) is 5.92 Å². The predicted molar refractivity (Wildman–Crippen MR) is 143 cm³/mol. The molecule has 3 heterocycles. The number of aromatic nitrogens is 1. The molecule has 0 amide bonds. The molecule has 0 aliphatic carbocycles. The van der Waals surface area contributed by atoms with E-state index in [4.69, 9.17) is 0 Å². The standard InChI is InChI=1S/C24H31N5S.HI/c1-25-24(27-14-12-19-8-3-7-18-9-4-13-26-22(18)19)28-17-20-10-5-15-29(2)23(20)21-11-6-16-30-21;/h3-4,6-9,11,13,16,20,23H,5,10,12,14-15,17H2,1-2H3,(H2,25,27,28);1H. The lowest BCUT2D eigenvalue weighted by molar-refractivity contribution is 0.125. The van der Waals surface area contributed by atoms with Crippen molar-refractivity contribution in [2.24, 2.45) is 10.9 Å². The molecule has 2 aromatic heterocycles. The van der Waals surface area contributed by atoms with Crippen LogP contribution >= 0.6 is 35.3 Å². The molecule has 0 saturated carbocycles. The van der Waals surface area contributed by atoms with Crippen LogP contribution in [0.2, 0.25) is 0 Å². The summed E-state index contributed by atoms with van der Waals surface area (Å²) >= 11 is 1.87. The Labute approximate surface area is 206 Å². The fourth-order valence-corrected chi connectivity index (χ4v) is 5.50. The van der Waals surface area contributed by atoms with Crippen molar-refractivity contribution in [3.63, 3.8) is 0 Å². The average molecular weight is 550 g/mol. The van der Waals surface area contributed by atoms with Crippen molar-refractivity contribution in [1.29, 1.82) is 0 Å². The van der Waals surface area contributed by atoms with E-state index in [0.717, 1.165) is 31.0 Å². The number of nitrogens with zero attached hydrogens (tertiary/aromatic N) is 3. The van der Waals surface area contributed by atoms with E-state index >= 15 is 0 Å². The first-order chi connectivity index (χ1) is 14.8. The minimum Gasteiger partial charge on any atom is -0.356 e. The van der Waals surface area contributed by atoms with Crippen LogP contribution in [0.5, 0.6) is 0 Å². The second-order valence-corrected chi connectivity index (χ2v) is 8.94. The van der Waals surface area contributed by atoms with Crippen LogP contribution in [0.1, 0.15) is 29.3 Å². The van der Waals surface area contributed by atoms with Gasteiger partial charge in [0.2, 0.25) is 0 Å². The molecule has 31 heavy (non-hydrogen) atoms. The summed E-state index contributed by atoms with van der Waals surface area (Å²) in [6, 6.07) is 15.4. The molecule has 166 valence electrons. The summed E-state index contributed by atoms with van der Waals surface area (Å²) in [5.41, 5.74) is 2.36. The van der Waals surface area contributed by atoms with Gasteiger partial charge in [0, 0.05) is 42.6 Å². The second kappa shape index (κ2) is 11.8. The predicted octanol–water partition coefficient (Wildman–Crippen LogP) is 4.70. The number of nitrogens with one attached hydrogen (secondary N) is 2. The Hall–Kier alpha value is -1.71. The van der Waals surface area contributed by atoms with E-state index in [9.17, 15) is 0 Å². The van der Waals surface area contributed by atoms with Crippen LogP contribution in [0.15, 0.2) is 59.0 Å². The van der Waals surface area contributed by atoms with E-state index in [-0.39, 0.29) is 24.0 Å². The highest BCUT2D eigenvalue weighted by Crippen LogP contribution is 2.36. The van der Waals surface area contributed by atoms with Gasteiger partial charge in [-0.05, 0) is 61.8 Å². The first-order valence-corrected chi connectivity index (χ1v) is 11.6. The van der Waals surface area contributed by atoms with Crippen LogP contribution in [0.3, 0.4) is 0 Å². The fourth-order valence-electron chi connectivity index (χ4n) is 4.52. The maximum Gasteiger partial charge on any atom is 0.190 e. The third kappa shape index (κ3) is 5.96. The number of likely N-dealkylation sites (tertiary alicyclic amines) is 1. The molecule has 1 aliphatic heterocycles. The summed E-state index contributed by atoms with van der Waals surface area (Å²) in [6.07, 6.45) is 5.29. The molecule has 1 fully saturated rings. The van der Waals surface area contributed by atoms with Crippen LogP contribution in [-0.2, 0) is 6.42 Å². The molecule has 3 aromatic rings. The lowest BCUT2D eigenvalue weighted by Crippen LogP contribution is -2.45. The van der Waals surface area contributed by atoms with Crippen molar-refractivity contribution >= 4 is 52.2 Å². The van der Waals surface area contributed by atoms with Gasteiger partial charge in [0.25, 0.3) is 0 Å². The Morgan fingerprint density at radius 2 is 2.06 bits per heavy atom. The number of fused-ring (bicyclic) bond motifs is 1. The van der Waals surface area contributed by atoms with E-state index in [1.165, 1.54) is 35.2 Å². The number of guanidine groups is 1. The molecule has 1 aliphatic rings. The highest BCUT2D eigenvalue weighted by atomic mass is 127. The second-order valence-electron chi connectivity index (χ2n) is 7.97. The summed E-state index contributed by atoms with van der Waals surface area (Å²) in [5.74, 6) is 1.46. The number of thiophene rings is 1. The normalized spacial score (nSPS) is 19.7. The molecule has 2 atom stereocenters. The first kappa shape index (κ1) is 23.9. The molecular weight excluding hydrogens is 517 g/mol. The number of para-hydroxylation sites is 1. The van der Waals surface area contributed by atoms with Gasteiger partial charge >= 0.3 is 0 Å². The van der Waals surface area contributed by atoms with Crippen LogP contribution in [0.4, 0.5) is 0 Å². The zero-order valence-electron chi connectivity index (χ0n) is 18.3. The molecular formula is C24H32IN5S. The van der Waals surface area contributed by atoms with E-state index in [1.807, 2.05) is 30.6 Å².